The number of aromatic nitrogens is 3. The van der Waals surface area contributed by atoms with Crippen LogP contribution in [0.3, 0.4) is 0 Å². The van der Waals surface area contributed by atoms with Crippen LogP contribution in [0.15, 0.2) is 34.4 Å². The van der Waals surface area contributed by atoms with Crippen LogP contribution in [-0.4, -0.2) is 40.6 Å². The van der Waals surface area contributed by atoms with E-state index in [0.717, 1.165) is 36.9 Å². The number of rotatable bonds is 9. The fourth-order valence-corrected chi connectivity index (χ4v) is 3.22. The van der Waals surface area contributed by atoms with E-state index in [1.54, 1.807) is 30.9 Å². The molecule has 156 valence electrons. The van der Waals surface area contributed by atoms with Gasteiger partial charge >= 0.3 is 0 Å². The summed E-state index contributed by atoms with van der Waals surface area (Å²) in [4.78, 5) is 4.19. The van der Waals surface area contributed by atoms with Crippen molar-refractivity contribution in [2.75, 3.05) is 19.8 Å². The normalized spacial score (nSPS) is 11.4. The van der Waals surface area contributed by atoms with Crippen molar-refractivity contribution in [3.63, 3.8) is 0 Å². The number of hydrogen-bond donors (Lipinski definition) is 2. The highest BCUT2D eigenvalue weighted by molar-refractivity contribution is 14.0. The van der Waals surface area contributed by atoms with Crippen molar-refractivity contribution >= 4 is 41.7 Å². The molecule has 2 rings (SSSR count). The lowest BCUT2D eigenvalue weighted by Gasteiger charge is -2.13. The minimum Gasteiger partial charge on any atom is -0.356 e. The maximum Gasteiger partial charge on any atom is 0.191 e. The molecule has 1 aromatic carbocycles. The number of nitrogens with zero attached hydrogens (tertiary/aromatic N) is 4. The Morgan fingerprint density at radius 3 is 2.64 bits per heavy atom. The van der Waals surface area contributed by atoms with Gasteiger partial charge in [-0.15, -0.1) is 34.2 Å². The molecule has 0 radical (unpaired) electrons. The minimum absolute atomic E-state index is 0. The lowest BCUT2D eigenvalue weighted by molar-refractivity contribution is 0.477. The number of aryl methyl sites for hydroxylation is 1. The van der Waals surface area contributed by atoms with Crippen LogP contribution in [0.1, 0.15) is 31.7 Å². The quantitative estimate of drug-likeness (QED) is 0.174. The molecule has 0 atom stereocenters. The zero-order chi connectivity index (χ0) is 19.6. The molecule has 9 heteroatoms. The van der Waals surface area contributed by atoms with E-state index in [9.17, 15) is 4.39 Å². The van der Waals surface area contributed by atoms with E-state index in [-0.39, 0.29) is 29.8 Å². The Labute approximate surface area is 188 Å². The number of aliphatic imine (C=N–C) groups is 1. The Kier molecular flexibility index (Phi) is 11.4. The van der Waals surface area contributed by atoms with Crippen LogP contribution in [0, 0.1) is 11.7 Å². The molecular weight excluding hydrogens is 490 g/mol. The van der Waals surface area contributed by atoms with Crippen molar-refractivity contribution in [2.24, 2.45) is 10.9 Å². The molecule has 6 nitrogen and oxygen atoms in total. The highest BCUT2D eigenvalue weighted by Crippen LogP contribution is 2.16. The first-order chi connectivity index (χ1) is 13.0. The Hall–Kier alpha value is -1.36. The molecular formula is C19H30FIN6S. The molecule has 2 aromatic rings. The summed E-state index contributed by atoms with van der Waals surface area (Å²) in [5.74, 6) is 2.01. The average Bonchev–Trinajstić information content (AvgIpc) is 3.03. The van der Waals surface area contributed by atoms with Gasteiger partial charge in [0.25, 0.3) is 0 Å². The fourth-order valence-electron chi connectivity index (χ4n) is 2.70. The smallest absolute Gasteiger partial charge is 0.191 e. The van der Waals surface area contributed by atoms with Gasteiger partial charge in [-0.3, -0.25) is 4.99 Å². The van der Waals surface area contributed by atoms with E-state index in [0.29, 0.717) is 24.0 Å². The Morgan fingerprint density at radius 2 is 2.00 bits per heavy atom. The van der Waals surface area contributed by atoms with Crippen LogP contribution in [0.4, 0.5) is 4.39 Å². The zero-order valence-corrected chi connectivity index (χ0v) is 20.1. The molecule has 0 aliphatic heterocycles. The highest BCUT2D eigenvalue weighted by Gasteiger charge is 2.12. The minimum atomic E-state index is -0.213. The van der Waals surface area contributed by atoms with Crippen LogP contribution in [-0.2, 0) is 19.5 Å². The van der Waals surface area contributed by atoms with E-state index >= 15 is 0 Å². The van der Waals surface area contributed by atoms with Crippen LogP contribution in [0.5, 0.6) is 0 Å². The maximum atomic E-state index is 13.7. The Morgan fingerprint density at radius 1 is 1.25 bits per heavy atom. The van der Waals surface area contributed by atoms with Crippen molar-refractivity contribution in [1.82, 2.24) is 25.4 Å². The number of thioether (sulfide) groups is 1. The van der Waals surface area contributed by atoms with Crippen LogP contribution in [0.25, 0.3) is 0 Å². The Balaban J connectivity index is 0.00000392. The second-order valence-electron chi connectivity index (χ2n) is 6.65. The number of benzene rings is 1. The van der Waals surface area contributed by atoms with Gasteiger partial charge in [0.1, 0.15) is 11.6 Å². The summed E-state index contributed by atoms with van der Waals surface area (Å²) in [6, 6.07) is 6.74. The molecule has 0 saturated carbocycles. The van der Waals surface area contributed by atoms with Gasteiger partial charge in [-0.2, -0.15) is 0 Å². The van der Waals surface area contributed by atoms with Crippen molar-refractivity contribution < 1.29 is 4.39 Å². The molecule has 0 fully saturated rings. The largest absolute Gasteiger partial charge is 0.356 e. The lowest BCUT2D eigenvalue weighted by atomic mass is 10.2. The fraction of sp³-hybridized carbons (Fsp3) is 0.526. The molecule has 1 heterocycles. The molecule has 0 aliphatic rings. The molecule has 28 heavy (non-hydrogen) atoms. The van der Waals surface area contributed by atoms with Gasteiger partial charge in [0.15, 0.2) is 11.1 Å². The standard InChI is InChI=1S/C19H29FN6S.HI/c1-14(2)13-26-17(24-25-19(26)27-4)10-7-11-22-18(21-3)23-12-15-8-5-6-9-16(15)20;/h5-6,8-9,14H,7,10-13H2,1-4H3,(H2,21,22,23);1H. The molecule has 0 bridgehead atoms. The van der Waals surface area contributed by atoms with E-state index in [1.165, 1.54) is 6.07 Å². The summed E-state index contributed by atoms with van der Waals surface area (Å²) in [6.07, 6.45) is 3.78. The number of halogens is 2. The summed E-state index contributed by atoms with van der Waals surface area (Å²) >= 11 is 1.63. The van der Waals surface area contributed by atoms with E-state index in [4.69, 9.17) is 0 Å². The van der Waals surface area contributed by atoms with Crippen molar-refractivity contribution in [3.8, 4) is 0 Å². The average molecular weight is 520 g/mol. The molecule has 0 saturated heterocycles. The first kappa shape index (κ1) is 24.7. The number of nitrogens with one attached hydrogen (secondary N) is 2. The maximum absolute atomic E-state index is 13.7. The monoisotopic (exact) mass is 520 g/mol. The SMILES string of the molecule is CN=C(NCCCc1nnc(SC)n1CC(C)C)NCc1ccccc1F.I. The summed E-state index contributed by atoms with van der Waals surface area (Å²) in [5.41, 5.74) is 0.617. The van der Waals surface area contributed by atoms with Gasteiger partial charge in [0.05, 0.1) is 0 Å². The molecule has 0 aliphatic carbocycles. The van der Waals surface area contributed by atoms with E-state index in [1.807, 2.05) is 12.3 Å². The highest BCUT2D eigenvalue weighted by atomic mass is 127. The predicted octanol–water partition coefficient (Wildman–Crippen LogP) is 3.71. The van der Waals surface area contributed by atoms with Gasteiger partial charge < -0.3 is 15.2 Å². The van der Waals surface area contributed by atoms with Gasteiger partial charge in [0.2, 0.25) is 0 Å². The van der Waals surface area contributed by atoms with Gasteiger partial charge in [-0.25, -0.2) is 4.39 Å². The summed E-state index contributed by atoms with van der Waals surface area (Å²) in [7, 11) is 1.71. The number of hydrogen-bond acceptors (Lipinski definition) is 4. The van der Waals surface area contributed by atoms with Gasteiger partial charge in [0, 0.05) is 38.7 Å². The van der Waals surface area contributed by atoms with E-state index in [2.05, 4.69) is 44.2 Å². The second kappa shape index (κ2) is 13.0. The third kappa shape index (κ3) is 7.57. The molecule has 0 spiro atoms. The van der Waals surface area contributed by atoms with Gasteiger partial charge in [-0.1, -0.05) is 43.8 Å². The van der Waals surface area contributed by atoms with Crippen LogP contribution >= 0.6 is 35.7 Å². The topological polar surface area (TPSA) is 67.1 Å². The summed E-state index contributed by atoms with van der Waals surface area (Å²) in [6.45, 7) is 6.46. The van der Waals surface area contributed by atoms with Crippen molar-refractivity contribution in [1.29, 1.82) is 0 Å². The predicted molar refractivity (Wildman–Crippen MR) is 125 cm³/mol. The number of guanidine groups is 1. The zero-order valence-electron chi connectivity index (χ0n) is 16.9. The molecule has 0 amide bonds. The summed E-state index contributed by atoms with van der Waals surface area (Å²) < 4.78 is 15.9. The third-order valence-electron chi connectivity index (χ3n) is 4.02. The molecule has 0 unspecified atom stereocenters. The third-order valence-corrected chi connectivity index (χ3v) is 4.69. The Bertz CT molecular complexity index is 750. The van der Waals surface area contributed by atoms with E-state index < -0.39 is 0 Å². The van der Waals surface area contributed by atoms with Crippen LogP contribution < -0.4 is 10.6 Å². The molecule has 2 N–H and O–H groups in total. The van der Waals surface area contributed by atoms with Crippen LogP contribution in [0.2, 0.25) is 0 Å². The van der Waals surface area contributed by atoms with Crippen molar-refractivity contribution in [3.05, 3.63) is 41.5 Å². The molecule has 1 aromatic heterocycles. The van der Waals surface area contributed by atoms with Gasteiger partial charge in [-0.05, 0) is 24.7 Å². The van der Waals surface area contributed by atoms with Crippen molar-refractivity contribution in [2.45, 2.75) is 44.9 Å². The lowest BCUT2D eigenvalue weighted by Crippen LogP contribution is -2.37. The second-order valence-corrected chi connectivity index (χ2v) is 7.43. The summed E-state index contributed by atoms with van der Waals surface area (Å²) in [5, 5.41) is 16.0. The first-order valence-electron chi connectivity index (χ1n) is 9.19. The first-order valence-corrected chi connectivity index (χ1v) is 10.4.